The number of fused-ring (bicyclic) bond motifs is 2. The molecule has 4 aromatic rings. The quantitative estimate of drug-likeness (QED) is 0.428. The predicted octanol–water partition coefficient (Wildman–Crippen LogP) is 3.10. The molecule has 5 rings (SSSR count). The molecular formula is C22H18Cl2N4O5. The van der Waals surface area contributed by atoms with Gasteiger partial charge in [-0.1, -0.05) is 35.3 Å². The van der Waals surface area contributed by atoms with Gasteiger partial charge in [0.2, 0.25) is 6.79 Å². The number of imidazole rings is 1. The zero-order valence-electron chi connectivity index (χ0n) is 17.7. The normalized spacial score (nSPS) is 12.5. The van der Waals surface area contributed by atoms with Crippen LogP contribution in [0.3, 0.4) is 0 Å². The van der Waals surface area contributed by atoms with E-state index in [1.54, 1.807) is 35.9 Å². The Labute approximate surface area is 197 Å². The summed E-state index contributed by atoms with van der Waals surface area (Å²) >= 11 is 12.8. The molecule has 9 nitrogen and oxygen atoms in total. The number of hydrogen-bond donors (Lipinski definition) is 0. The lowest BCUT2D eigenvalue weighted by atomic mass is 10.2. The van der Waals surface area contributed by atoms with Crippen LogP contribution in [0.1, 0.15) is 11.1 Å². The smallest absolute Gasteiger partial charge is 0.332 e. The summed E-state index contributed by atoms with van der Waals surface area (Å²) in [6, 6.07) is 10.8. The highest BCUT2D eigenvalue weighted by Crippen LogP contribution is 2.33. The second-order valence-electron chi connectivity index (χ2n) is 7.53. The van der Waals surface area contributed by atoms with Crippen molar-refractivity contribution >= 4 is 34.4 Å². The maximum absolute atomic E-state index is 13.0. The molecule has 0 amide bonds. The number of hydrogen-bond acceptors (Lipinski definition) is 6. The molecule has 0 atom stereocenters. The topological polar surface area (TPSA) is 89.5 Å². The number of halogens is 2. The van der Waals surface area contributed by atoms with Crippen LogP contribution in [0, 0.1) is 0 Å². The van der Waals surface area contributed by atoms with Gasteiger partial charge in [0, 0.05) is 29.7 Å². The number of aromatic nitrogens is 4. The maximum Gasteiger partial charge on any atom is 0.332 e. The first-order chi connectivity index (χ1) is 15.8. The zero-order valence-corrected chi connectivity index (χ0v) is 19.2. The Kier molecular flexibility index (Phi) is 5.30. The van der Waals surface area contributed by atoms with E-state index >= 15 is 0 Å². The van der Waals surface area contributed by atoms with E-state index in [1.807, 2.05) is 12.1 Å². The van der Waals surface area contributed by atoms with Crippen LogP contribution >= 0.6 is 23.2 Å². The van der Waals surface area contributed by atoms with Crippen molar-refractivity contribution in [3.63, 3.8) is 0 Å². The van der Waals surface area contributed by atoms with Gasteiger partial charge in [-0.2, -0.15) is 4.98 Å². The lowest BCUT2D eigenvalue weighted by molar-refractivity contribution is 0.174. The van der Waals surface area contributed by atoms with Crippen molar-refractivity contribution in [2.75, 3.05) is 6.79 Å². The first kappa shape index (κ1) is 21.4. The fourth-order valence-corrected chi connectivity index (χ4v) is 4.22. The SMILES string of the molecule is Cn1c(=O)c2c(nc(OCc3ccc4c(c3)OCO4)n2Cc2c(Cl)cccc2Cl)n(C)c1=O. The van der Waals surface area contributed by atoms with E-state index in [9.17, 15) is 9.59 Å². The molecule has 1 aliphatic rings. The Hall–Kier alpha value is -3.43. The summed E-state index contributed by atoms with van der Waals surface area (Å²) in [6.07, 6.45) is 0. The van der Waals surface area contributed by atoms with Crippen LogP contribution in [0.2, 0.25) is 10.0 Å². The molecule has 170 valence electrons. The maximum atomic E-state index is 13.0. The third-order valence-electron chi connectivity index (χ3n) is 5.50. The highest BCUT2D eigenvalue weighted by atomic mass is 35.5. The number of aryl methyl sites for hydroxylation is 1. The number of rotatable bonds is 5. The number of nitrogens with zero attached hydrogens (tertiary/aromatic N) is 4. The Bertz CT molecular complexity index is 1500. The molecule has 0 fully saturated rings. The van der Waals surface area contributed by atoms with Gasteiger partial charge >= 0.3 is 5.69 Å². The largest absolute Gasteiger partial charge is 0.460 e. The van der Waals surface area contributed by atoms with E-state index in [-0.39, 0.29) is 37.1 Å². The molecule has 0 unspecified atom stereocenters. The predicted molar refractivity (Wildman–Crippen MR) is 123 cm³/mol. The summed E-state index contributed by atoms with van der Waals surface area (Å²) in [5.41, 5.74) is 0.833. The Morgan fingerprint density at radius 1 is 1.03 bits per heavy atom. The molecule has 0 bridgehead atoms. The molecule has 11 heteroatoms. The van der Waals surface area contributed by atoms with Gasteiger partial charge in [-0.15, -0.1) is 0 Å². The molecule has 2 aromatic heterocycles. The lowest BCUT2D eigenvalue weighted by Gasteiger charge is -2.13. The van der Waals surface area contributed by atoms with Crippen LogP contribution in [0.25, 0.3) is 11.2 Å². The molecule has 3 heterocycles. The standard InChI is InChI=1S/C22H18Cl2N4O5/c1-26-19-18(20(29)27(2)22(26)30)28(9-13-14(23)4-3-5-15(13)24)21(25-19)31-10-12-6-7-16-17(8-12)33-11-32-16/h3-8H,9-11H2,1-2H3. The molecule has 0 spiro atoms. The molecule has 2 aromatic carbocycles. The third kappa shape index (κ3) is 3.63. The van der Waals surface area contributed by atoms with Gasteiger partial charge in [-0.3, -0.25) is 18.5 Å². The summed E-state index contributed by atoms with van der Waals surface area (Å²) < 4.78 is 20.7. The molecular weight excluding hydrogens is 471 g/mol. The Morgan fingerprint density at radius 2 is 1.76 bits per heavy atom. The number of benzene rings is 2. The van der Waals surface area contributed by atoms with E-state index < -0.39 is 11.2 Å². The summed E-state index contributed by atoms with van der Waals surface area (Å²) in [5.74, 6) is 1.29. The van der Waals surface area contributed by atoms with E-state index in [0.717, 1.165) is 10.1 Å². The van der Waals surface area contributed by atoms with Crippen molar-refractivity contribution in [2.45, 2.75) is 13.2 Å². The van der Waals surface area contributed by atoms with Crippen LogP contribution in [0.5, 0.6) is 17.5 Å². The van der Waals surface area contributed by atoms with Crippen LogP contribution < -0.4 is 25.5 Å². The van der Waals surface area contributed by atoms with Gasteiger partial charge in [0.25, 0.3) is 11.6 Å². The van der Waals surface area contributed by atoms with Gasteiger partial charge < -0.3 is 14.2 Å². The second-order valence-corrected chi connectivity index (χ2v) is 8.35. The fraction of sp³-hybridized carbons (Fsp3) is 0.227. The molecule has 0 saturated carbocycles. The molecule has 0 radical (unpaired) electrons. The van der Waals surface area contributed by atoms with Crippen molar-refractivity contribution in [3.05, 3.63) is 78.4 Å². The minimum absolute atomic E-state index is 0.124. The highest BCUT2D eigenvalue weighted by molar-refractivity contribution is 6.36. The van der Waals surface area contributed by atoms with E-state index in [0.29, 0.717) is 27.1 Å². The highest BCUT2D eigenvalue weighted by Gasteiger charge is 2.22. The van der Waals surface area contributed by atoms with Crippen molar-refractivity contribution in [1.82, 2.24) is 18.7 Å². The summed E-state index contributed by atoms with van der Waals surface area (Å²) in [4.78, 5) is 29.9. The van der Waals surface area contributed by atoms with Crippen LogP contribution in [0.15, 0.2) is 46.0 Å². The van der Waals surface area contributed by atoms with Crippen molar-refractivity contribution in [2.24, 2.45) is 14.1 Å². The fourth-order valence-electron chi connectivity index (χ4n) is 3.70. The minimum Gasteiger partial charge on any atom is -0.460 e. The van der Waals surface area contributed by atoms with Gasteiger partial charge in [0.1, 0.15) is 6.61 Å². The number of ether oxygens (including phenoxy) is 3. The molecule has 0 N–H and O–H groups in total. The first-order valence-electron chi connectivity index (χ1n) is 9.95. The first-order valence-corrected chi connectivity index (χ1v) is 10.7. The van der Waals surface area contributed by atoms with E-state index in [1.165, 1.54) is 11.6 Å². The molecule has 33 heavy (non-hydrogen) atoms. The Morgan fingerprint density at radius 3 is 2.52 bits per heavy atom. The van der Waals surface area contributed by atoms with Gasteiger partial charge in [0.15, 0.2) is 22.7 Å². The summed E-state index contributed by atoms with van der Waals surface area (Å²) in [6.45, 7) is 0.439. The molecule has 0 saturated heterocycles. The summed E-state index contributed by atoms with van der Waals surface area (Å²) in [7, 11) is 2.96. The second kappa shape index (κ2) is 8.17. The van der Waals surface area contributed by atoms with Gasteiger partial charge in [-0.25, -0.2) is 4.79 Å². The van der Waals surface area contributed by atoms with Crippen molar-refractivity contribution in [3.8, 4) is 17.5 Å². The van der Waals surface area contributed by atoms with E-state index in [4.69, 9.17) is 37.4 Å². The van der Waals surface area contributed by atoms with Crippen LogP contribution in [-0.4, -0.2) is 25.5 Å². The average Bonchev–Trinajstić information content (AvgIpc) is 3.41. The average molecular weight is 489 g/mol. The van der Waals surface area contributed by atoms with Crippen molar-refractivity contribution < 1.29 is 14.2 Å². The van der Waals surface area contributed by atoms with Crippen molar-refractivity contribution in [1.29, 1.82) is 0 Å². The van der Waals surface area contributed by atoms with Crippen LogP contribution in [0.4, 0.5) is 0 Å². The Balaban J connectivity index is 1.62. The van der Waals surface area contributed by atoms with Gasteiger partial charge in [-0.05, 0) is 29.8 Å². The lowest BCUT2D eigenvalue weighted by Crippen LogP contribution is -2.37. The molecule has 0 aliphatic carbocycles. The van der Waals surface area contributed by atoms with Crippen LogP contribution in [-0.2, 0) is 27.2 Å². The monoisotopic (exact) mass is 488 g/mol. The third-order valence-corrected chi connectivity index (χ3v) is 6.20. The summed E-state index contributed by atoms with van der Waals surface area (Å²) in [5, 5.41) is 0.875. The minimum atomic E-state index is -0.498. The molecule has 1 aliphatic heterocycles. The van der Waals surface area contributed by atoms with Gasteiger partial charge in [0.05, 0.1) is 6.54 Å². The van der Waals surface area contributed by atoms with E-state index in [2.05, 4.69) is 4.98 Å². The zero-order chi connectivity index (χ0) is 23.3.